The van der Waals surface area contributed by atoms with E-state index in [-0.39, 0.29) is 18.1 Å². The molecule has 0 spiro atoms. The van der Waals surface area contributed by atoms with Gasteiger partial charge in [-0.3, -0.25) is 9.48 Å². The quantitative estimate of drug-likeness (QED) is 0.834. The van der Waals surface area contributed by atoms with Crippen molar-refractivity contribution < 1.29 is 13.6 Å². The lowest BCUT2D eigenvalue weighted by Crippen LogP contribution is -2.41. The van der Waals surface area contributed by atoms with Crippen LogP contribution in [-0.4, -0.2) is 34.7 Å². The summed E-state index contributed by atoms with van der Waals surface area (Å²) in [7, 11) is 1.57. The lowest BCUT2D eigenvalue weighted by atomic mass is 10.3. The number of aryl methyl sites for hydroxylation is 2. The van der Waals surface area contributed by atoms with Crippen LogP contribution in [-0.2, 0) is 7.05 Å². The van der Waals surface area contributed by atoms with E-state index in [1.807, 2.05) is 0 Å². The van der Waals surface area contributed by atoms with Gasteiger partial charge in [0.25, 0.3) is 11.8 Å². The minimum absolute atomic E-state index is 0. The molecular formula is C9H15ClF2N4O. The zero-order chi connectivity index (χ0) is 12.3. The third kappa shape index (κ3) is 4.27. The van der Waals surface area contributed by atoms with Crippen LogP contribution in [0.5, 0.6) is 0 Å². The molecule has 1 aromatic heterocycles. The summed E-state index contributed by atoms with van der Waals surface area (Å²) in [5, 5.41) is 6.05. The van der Waals surface area contributed by atoms with E-state index < -0.39 is 24.9 Å². The highest BCUT2D eigenvalue weighted by Crippen LogP contribution is 2.09. The first kappa shape index (κ1) is 15.8. The Morgan fingerprint density at radius 2 is 2.24 bits per heavy atom. The molecule has 0 aliphatic carbocycles. The summed E-state index contributed by atoms with van der Waals surface area (Å²) < 4.78 is 26.9. The molecule has 98 valence electrons. The molecule has 0 aromatic carbocycles. The number of carbonyl (C=O) groups excluding carboxylic acids is 1. The number of rotatable bonds is 4. The Morgan fingerprint density at radius 1 is 1.65 bits per heavy atom. The molecule has 5 nitrogen and oxygen atoms in total. The molecule has 17 heavy (non-hydrogen) atoms. The van der Waals surface area contributed by atoms with Crippen LogP contribution >= 0.6 is 12.4 Å². The molecular weight excluding hydrogens is 254 g/mol. The normalized spacial score (nSPS) is 10.9. The van der Waals surface area contributed by atoms with Crippen molar-refractivity contribution in [1.29, 1.82) is 0 Å². The van der Waals surface area contributed by atoms with Crippen LogP contribution in [0.3, 0.4) is 0 Å². The van der Waals surface area contributed by atoms with Crippen molar-refractivity contribution in [2.75, 3.05) is 13.1 Å². The average Bonchev–Trinajstić information content (AvgIpc) is 2.54. The van der Waals surface area contributed by atoms with Crippen molar-refractivity contribution in [3.05, 3.63) is 17.5 Å². The molecule has 0 aliphatic heterocycles. The van der Waals surface area contributed by atoms with Gasteiger partial charge in [0, 0.05) is 7.05 Å². The fourth-order valence-electron chi connectivity index (χ4n) is 1.20. The van der Waals surface area contributed by atoms with Gasteiger partial charge in [-0.25, -0.2) is 8.78 Å². The number of nitrogens with zero attached hydrogens (tertiary/aromatic N) is 2. The number of hydrogen-bond acceptors (Lipinski definition) is 3. The SMILES string of the molecule is Cc1cc(C(=O)NCC(F)(F)CN)n(C)n1.Cl. The fourth-order valence-corrected chi connectivity index (χ4v) is 1.20. The first-order valence-corrected chi connectivity index (χ1v) is 4.72. The Hall–Kier alpha value is -1.21. The summed E-state index contributed by atoms with van der Waals surface area (Å²) >= 11 is 0. The predicted octanol–water partition coefficient (Wildman–Crippen LogP) is 0.474. The lowest BCUT2D eigenvalue weighted by molar-refractivity contribution is 0.0117. The maximum atomic E-state index is 12.8. The van der Waals surface area contributed by atoms with Gasteiger partial charge in [-0.15, -0.1) is 12.4 Å². The topological polar surface area (TPSA) is 72.9 Å². The van der Waals surface area contributed by atoms with E-state index in [2.05, 4.69) is 10.4 Å². The minimum atomic E-state index is -3.08. The maximum absolute atomic E-state index is 12.8. The lowest BCUT2D eigenvalue weighted by Gasteiger charge is -2.14. The second-order valence-electron chi connectivity index (χ2n) is 3.54. The first-order chi connectivity index (χ1) is 7.35. The van der Waals surface area contributed by atoms with Crippen molar-refractivity contribution in [2.45, 2.75) is 12.8 Å². The Bertz CT molecular complexity index is 394. The monoisotopic (exact) mass is 268 g/mol. The van der Waals surface area contributed by atoms with Crippen LogP contribution in [0.2, 0.25) is 0 Å². The highest BCUT2D eigenvalue weighted by atomic mass is 35.5. The smallest absolute Gasteiger partial charge is 0.277 e. The zero-order valence-electron chi connectivity index (χ0n) is 9.54. The van der Waals surface area contributed by atoms with E-state index in [0.717, 1.165) is 0 Å². The average molecular weight is 269 g/mol. The molecule has 8 heteroatoms. The molecule has 0 fully saturated rings. The van der Waals surface area contributed by atoms with Crippen LogP contribution < -0.4 is 11.1 Å². The van der Waals surface area contributed by atoms with E-state index in [0.29, 0.717) is 5.69 Å². The summed E-state index contributed by atoms with van der Waals surface area (Å²) in [4.78, 5) is 11.5. The Kier molecular flexibility index (Phi) is 5.50. The number of carbonyl (C=O) groups is 1. The number of amides is 1. The van der Waals surface area contributed by atoms with Gasteiger partial charge >= 0.3 is 0 Å². The van der Waals surface area contributed by atoms with E-state index in [1.54, 1.807) is 14.0 Å². The molecule has 0 radical (unpaired) electrons. The molecule has 0 saturated heterocycles. The van der Waals surface area contributed by atoms with Gasteiger partial charge in [-0.2, -0.15) is 5.10 Å². The highest BCUT2D eigenvalue weighted by Gasteiger charge is 2.27. The maximum Gasteiger partial charge on any atom is 0.277 e. The molecule has 0 aliphatic rings. The van der Waals surface area contributed by atoms with Crippen LogP contribution in [0.4, 0.5) is 8.78 Å². The van der Waals surface area contributed by atoms with Gasteiger partial charge < -0.3 is 11.1 Å². The number of nitrogens with two attached hydrogens (primary N) is 1. The molecule has 0 saturated carbocycles. The molecule has 3 N–H and O–H groups in total. The van der Waals surface area contributed by atoms with E-state index in [4.69, 9.17) is 5.73 Å². The molecule has 1 amide bonds. The number of hydrogen-bond donors (Lipinski definition) is 2. The Balaban J connectivity index is 0.00000256. The number of halogens is 3. The largest absolute Gasteiger partial charge is 0.345 e. The minimum Gasteiger partial charge on any atom is -0.345 e. The van der Waals surface area contributed by atoms with Gasteiger partial charge in [0.15, 0.2) is 0 Å². The van der Waals surface area contributed by atoms with E-state index >= 15 is 0 Å². The van der Waals surface area contributed by atoms with Crippen molar-refractivity contribution in [2.24, 2.45) is 12.8 Å². The Morgan fingerprint density at radius 3 is 2.65 bits per heavy atom. The number of aromatic nitrogens is 2. The van der Waals surface area contributed by atoms with Gasteiger partial charge in [0.2, 0.25) is 0 Å². The molecule has 0 bridgehead atoms. The second kappa shape index (κ2) is 5.92. The number of nitrogens with one attached hydrogen (secondary N) is 1. The van der Waals surface area contributed by atoms with Crippen LogP contribution in [0.1, 0.15) is 16.2 Å². The summed E-state index contributed by atoms with van der Waals surface area (Å²) in [5.41, 5.74) is 5.74. The summed E-state index contributed by atoms with van der Waals surface area (Å²) in [6.07, 6.45) is 0. The third-order valence-corrected chi connectivity index (χ3v) is 2.04. The van der Waals surface area contributed by atoms with E-state index in [1.165, 1.54) is 10.7 Å². The summed E-state index contributed by atoms with van der Waals surface area (Å²) in [6.45, 7) is 0.148. The molecule has 0 unspecified atom stereocenters. The standard InChI is InChI=1S/C9H14F2N4O.ClH/c1-6-3-7(15(2)14-6)8(16)13-5-9(10,11)4-12;/h3H,4-5,12H2,1-2H3,(H,13,16);1H. The molecule has 1 heterocycles. The Labute approximate surface area is 104 Å². The second-order valence-corrected chi connectivity index (χ2v) is 3.54. The van der Waals surface area contributed by atoms with Crippen LogP contribution in [0.15, 0.2) is 6.07 Å². The number of alkyl halides is 2. The van der Waals surface area contributed by atoms with E-state index in [9.17, 15) is 13.6 Å². The molecule has 1 rings (SSSR count). The van der Waals surface area contributed by atoms with Gasteiger partial charge in [-0.1, -0.05) is 0 Å². The predicted molar refractivity (Wildman–Crippen MR) is 61.5 cm³/mol. The zero-order valence-corrected chi connectivity index (χ0v) is 10.4. The first-order valence-electron chi connectivity index (χ1n) is 4.72. The molecule has 1 aromatic rings. The van der Waals surface area contributed by atoms with Crippen molar-refractivity contribution in [1.82, 2.24) is 15.1 Å². The van der Waals surface area contributed by atoms with Crippen LogP contribution in [0, 0.1) is 6.92 Å². The summed E-state index contributed by atoms with van der Waals surface area (Å²) in [5.74, 6) is -3.67. The van der Waals surface area contributed by atoms with Gasteiger partial charge in [0.1, 0.15) is 5.69 Å². The summed E-state index contributed by atoms with van der Waals surface area (Å²) in [6, 6.07) is 1.52. The van der Waals surface area contributed by atoms with Crippen molar-refractivity contribution in [3.63, 3.8) is 0 Å². The van der Waals surface area contributed by atoms with Crippen molar-refractivity contribution in [3.8, 4) is 0 Å². The third-order valence-electron chi connectivity index (χ3n) is 2.04. The van der Waals surface area contributed by atoms with Gasteiger partial charge in [-0.05, 0) is 13.0 Å². The fraction of sp³-hybridized carbons (Fsp3) is 0.556. The highest BCUT2D eigenvalue weighted by molar-refractivity contribution is 5.92. The molecule has 0 atom stereocenters. The van der Waals surface area contributed by atoms with Crippen molar-refractivity contribution >= 4 is 18.3 Å². The van der Waals surface area contributed by atoms with Gasteiger partial charge in [0.05, 0.1) is 18.8 Å². The van der Waals surface area contributed by atoms with Crippen LogP contribution in [0.25, 0.3) is 0 Å².